The first-order chi connectivity index (χ1) is 6.42. The molecule has 0 aromatic carbocycles. The molecule has 1 heterocycles. The first kappa shape index (κ1) is 9.46. The van der Waals surface area contributed by atoms with Crippen molar-refractivity contribution in [2.75, 3.05) is 0 Å². The summed E-state index contributed by atoms with van der Waals surface area (Å²) in [6.07, 6.45) is 1.99. The molecule has 1 aliphatic carbocycles. The Hall–Kier alpha value is -1.09. The molecule has 0 fully saturated rings. The third-order valence-corrected chi connectivity index (χ3v) is 3.00. The van der Waals surface area contributed by atoms with Crippen molar-refractivity contribution in [2.24, 2.45) is 5.41 Å². The van der Waals surface area contributed by atoms with Crippen molar-refractivity contribution in [3.05, 3.63) is 22.4 Å². The highest BCUT2D eigenvalue weighted by Crippen LogP contribution is 2.39. The van der Waals surface area contributed by atoms with Crippen molar-refractivity contribution in [2.45, 2.75) is 20.3 Å². The predicted octanol–water partition coefficient (Wildman–Crippen LogP) is 1.49. The zero-order valence-electron chi connectivity index (χ0n) is 7.98. The van der Waals surface area contributed by atoms with Gasteiger partial charge in [0.2, 0.25) is 0 Å². The minimum atomic E-state index is -0.453. The number of hydrogen-bond acceptors (Lipinski definition) is 2. The Morgan fingerprint density at radius 1 is 1.43 bits per heavy atom. The molecule has 3 nitrogen and oxygen atoms in total. The van der Waals surface area contributed by atoms with Crippen molar-refractivity contribution in [1.29, 1.82) is 0 Å². The predicted molar refractivity (Wildman–Crippen MR) is 52.5 cm³/mol. The lowest BCUT2D eigenvalue weighted by Crippen LogP contribution is -2.29. The minimum Gasteiger partial charge on any atom is -0.321 e. The summed E-state index contributed by atoms with van der Waals surface area (Å²) >= 11 is 5.83. The van der Waals surface area contributed by atoms with Crippen molar-refractivity contribution in [3.63, 3.8) is 0 Å². The highest BCUT2D eigenvalue weighted by Gasteiger charge is 2.38. The van der Waals surface area contributed by atoms with Crippen LogP contribution in [-0.2, 0) is 9.59 Å². The summed E-state index contributed by atoms with van der Waals surface area (Å²) in [6, 6.07) is 0. The number of carbonyl (C=O) groups excluding carboxylic acids is 2. The van der Waals surface area contributed by atoms with E-state index in [1.807, 2.05) is 13.8 Å². The zero-order chi connectivity index (χ0) is 10.5. The van der Waals surface area contributed by atoms with Gasteiger partial charge in [-0.2, -0.15) is 0 Å². The van der Waals surface area contributed by atoms with E-state index in [1.54, 1.807) is 0 Å². The molecule has 0 atom stereocenters. The number of fused-ring (bicyclic) bond motifs is 1. The van der Waals surface area contributed by atoms with E-state index in [2.05, 4.69) is 5.32 Å². The van der Waals surface area contributed by atoms with Gasteiger partial charge >= 0.3 is 0 Å². The fourth-order valence-electron chi connectivity index (χ4n) is 1.66. The Morgan fingerprint density at radius 2 is 2.07 bits per heavy atom. The van der Waals surface area contributed by atoms with Crippen LogP contribution in [0.2, 0.25) is 0 Å². The lowest BCUT2D eigenvalue weighted by Gasteiger charge is -2.26. The Balaban J connectivity index is 2.53. The van der Waals surface area contributed by atoms with E-state index in [1.165, 1.54) is 6.08 Å². The molecule has 2 rings (SSSR count). The standard InChI is InChI=1S/C10H10ClNO2/c1-10(2)4-5-6(3-7(10)13)12-9(14)8(5)11/h3H,4H2,1-2H3,(H,12,14). The fraction of sp³-hybridized carbons (Fsp3) is 0.400. The van der Waals surface area contributed by atoms with Gasteiger partial charge in [0.15, 0.2) is 5.78 Å². The average molecular weight is 212 g/mol. The number of carbonyl (C=O) groups is 2. The average Bonchev–Trinajstić information content (AvgIpc) is 2.32. The quantitative estimate of drug-likeness (QED) is 0.660. The number of rotatable bonds is 0. The molecule has 1 aliphatic heterocycles. The van der Waals surface area contributed by atoms with Crippen LogP contribution >= 0.6 is 11.6 Å². The van der Waals surface area contributed by atoms with Gasteiger partial charge in [-0.3, -0.25) is 9.59 Å². The van der Waals surface area contributed by atoms with Crippen LogP contribution < -0.4 is 5.32 Å². The Morgan fingerprint density at radius 3 is 2.71 bits per heavy atom. The molecule has 0 bridgehead atoms. The number of ketones is 1. The number of amides is 1. The second-order valence-corrected chi connectivity index (χ2v) is 4.61. The minimum absolute atomic E-state index is 0.0305. The molecule has 2 aliphatic rings. The van der Waals surface area contributed by atoms with Crippen molar-refractivity contribution in [3.8, 4) is 0 Å². The van der Waals surface area contributed by atoms with E-state index in [-0.39, 0.29) is 16.7 Å². The van der Waals surface area contributed by atoms with Crippen molar-refractivity contribution < 1.29 is 9.59 Å². The number of halogens is 1. The lowest BCUT2D eigenvalue weighted by molar-refractivity contribution is -0.122. The maximum Gasteiger partial charge on any atom is 0.267 e. The second-order valence-electron chi connectivity index (χ2n) is 4.23. The lowest BCUT2D eigenvalue weighted by atomic mass is 9.77. The van der Waals surface area contributed by atoms with Gasteiger partial charge in [-0.15, -0.1) is 0 Å². The maximum atomic E-state index is 11.6. The summed E-state index contributed by atoms with van der Waals surface area (Å²) in [4.78, 5) is 22.8. The highest BCUT2D eigenvalue weighted by molar-refractivity contribution is 6.44. The molecule has 4 heteroatoms. The van der Waals surface area contributed by atoms with Gasteiger partial charge in [0.1, 0.15) is 5.03 Å². The van der Waals surface area contributed by atoms with E-state index in [0.29, 0.717) is 12.1 Å². The largest absolute Gasteiger partial charge is 0.321 e. The maximum absolute atomic E-state index is 11.6. The molecule has 0 radical (unpaired) electrons. The van der Waals surface area contributed by atoms with E-state index in [4.69, 9.17) is 11.6 Å². The van der Waals surface area contributed by atoms with Gasteiger partial charge < -0.3 is 5.32 Å². The summed E-state index contributed by atoms with van der Waals surface area (Å²) in [7, 11) is 0. The van der Waals surface area contributed by atoms with Crippen LogP contribution in [0.1, 0.15) is 20.3 Å². The molecule has 0 spiro atoms. The van der Waals surface area contributed by atoms with Gasteiger partial charge in [-0.25, -0.2) is 0 Å². The Labute approximate surface area is 86.8 Å². The molecule has 0 saturated carbocycles. The zero-order valence-corrected chi connectivity index (χ0v) is 8.73. The summed E-state index contributed by atoms with van der Waals surface area (Å²) in [5.74, 6) is -0.277. The van der Waals surface area contributed by atoms with E-state index < -0.39 is 5.41 Å². The van der Waals surface area contributed by atoms with Gasteiger partial charge in [-0.05, 0) is 6.42 Å². The van der Waals surface area contributed by atoms with Gasteiger partial charge in [-0.1, -0.05) is 25.4 Å². The highest BCUT2D eigenvalue weighted by atomic mass is 35.5. The number of allylic oxidation sites excluding steroid dienone is 2. The summed E-state index contributed by atoms with van der Waals surface area (Å²) in [5, 5.41) is 2.79. The third kappa shape index (κ3) is 1.20. The normalized spacial score (nSPS) is 24.6. The van der Waals surface area contributed by atoms with Crippen molar-refractivity contribution >= 4 is 23.3 Å². The molecule has 1 amide bonds. The molecule has 0 saturated heterocycles. The SMILES string of the molecule is CC1(C)CC2=C(Cl)C(=O)NC2=CC1=O. The summed E-state index contributed by atoms with van der Waals surface area (Å²) < 4.78 is 0. The first-order valence-electron chi connectivity index (χ1n) is 4.38. The van der Waals surface area contributed by atoms with Crippen LogP contribution in [0.15, 0.2) is 22.4 Å². The van der Waals surface area contributed by atoms with Crippen LogP contribution in [-0.4, -0.2) is 11.7 Å². The van der Waals surface area contributed by atoms with Gasteiger partial charge in [0, 0.05) is 22.8 Å². The molecule has 0 aromatic rings. The number of nitrogens with one attached hydrogen (secondary N) is 1. The Kier molecular flexibility index (Phi) is 1.83. The molecule has 74 valence electrons. The van der Waals surface area contributed by atoms with Crippen LogP contribution in [0.3, 0.4) is 0 Å². The topological polar surface area (TPSA) is 46.2 Å². The fourth-order valence-corrected chi connectivity index (χ4v) is 1.88. The molecule has 0 unspecified atom stereocenters. The van der Waals surface area contributed by atoms with Gasteiger partial charge in [0.25, 0.3) is 5.91 Å². The van der Waals surface area contributed by atoms with E-state index >= 15 is 0 Å². The van der Waals surface area contributed by atoms with E-state index in [9.17, 15) is 9.59 Å². The number of hydrogen-bond donors (Lipinski definition) is 1. The monoisotopic (exact) mass is 211 g/mol. The summed E-state index contributed by atoms with van der Waals surface area (Å²) in [6.45, 7) is 3.70. The van der Waals surface area contributed by atoms with Crippen LogP contribution in [0.25, 0.3) is 0 Å². The van der Waals surface area contributed by atoms with Gasteiger partial charge in [0.05, 0.1) is 0 Å². The Bertz CT molecular complexity index is 404. The van der Waals surface area contributed by atoms with Crippen molar-refractivity contribution in [1.82, 2.24) is 5.32 Å². The smallest absolute Gasteiger partial charge is 0.267 e. The van der Waals surface area contributed by atoms with Crippen LogP contribution in [0.4, 0.5) is 0 Å². The van der Waals surface area contributed by atoms with E-state index in [0.717, 1.165) is 5.57 Å². The molecule has 14 heavy (non-hydrogen) atoms. The molecule has 0 aromatic heterocycles. The molecule has 1 N–H and O–H groups in total. The third-order valence-electron chi connectivity index (χ3n) is 2.60. The molecular weight excluding hydrogens is 202 g/mol. The molecular formula is C10H10ClNO2. The second kappa shape index (κ2) is 2.70. The van der Waals surface area contributed by atoms with Crippen LogP contribution in [0, 0.1) is 5.41 Å². The van der Waals surface area contributed by atoms with Crippen LogP contribution in [0.5, 0.6) is 0 Å². The first-order valence-corrected chi connectivity index (χ1v) is 4.76. The summed E-state index contributed by atoms with van der Waals surface area (Å²) in [5.41, 5.74) is 0.885.